The molecule has 0 rings (SSSR count). The third kappa shape index (κ3) is 9.37. The molecule has 0 aliphatic rings. The van der Waals surface area contributed by atoms with E-state index in [-0.39, 0.29) is 30.6 Å². The number of halogens is 4. The normalized spacial score (nSPS) is 12.4. The predicted octanol–water partition coefficient (Wildman–Crippen LogP) is -0.944. The molecular formula is C9H19F3INO. The average Bonchev–Trinajstić information content (AvgIpc) is 2.11. The van der Waals surface area contributed by atoms with E-state index >= 15 is 0 Å². The van der Waals surface area contributed by atoms with Crippen LogP contribution < -0.4 is 24.0 Å². The number of nitrogens with zero attached hydrogens (tertiary/aromatic N) is 1. The Hall–Kier alpha value is 0.440. The summed E-state index contributed by atoms with van der Waals surface area (Å²) in [4.78, 5) is 0. The fourth-order valence-corrected chi connectivity index (χ4v) is 1.01. The summed E-state index contributed by atoms with van der Waals surface area (Å²) in [5.41, 5.74) is 0. The second-order valence-electron chi connectivity index (χ2n) is 3.64. The molecule has 0 fully saturated rings. The van der Waals surface area contributed by atoms with Gasteiger partial charge >= 0.3 is 6.18 Å². The predicted molar refractivity (Wildman–Crippen MR) is 49.0 cm³/mol. The van der Waals surface area contributed by atoms with Crippen LogP contribution in [0, 0.1) is 0 Å². The number of likely N-dealkylation sites (N-methyl/N-ethyl adjacent to an activating group) is 1. The minimum Gasteiger partial charge on any atom is -1.00 e. The molecule has 0 aliphatic carbocycles. The number of ether oxygens (including phenoxy) is 1. The lowest BCUT2D eigenvalue weighted by Gasteiger charge is -2.31. The van der Waals surface area contributed by atoms with Gasteiger partial charge in [-0.3, -0.25) is 0 Å². The molecule has 0 aromatic rings. The van der Waals surface area contributed by atoms with Gasteiger partial charge in [0.2, 0.25) is 0 Å². The van der Waals surface area contributed by atoms with Crippen LogP contribution in [0.4, 0.5) is 13.2 Å². The van der Waals surface area contributed by atoms with Crippen molar-refractivity contribution in [3.8, 4) is 0 Å². The molecule has 0 atom stereocenters. The van der Waals surface area contributed by atoms with Gasteiger partial charge in [-0.2, -0.15) is 13.2 Å². The summed E-state index contributed by atoms with van der Waals surface area (Å²) in [6, 6.07) is 0. The van der Waals surface area contributed by atoms with Crippen LogP contribution >= 0.6 is 0 Å². The van der Waals surface area contributed by atoms with E-state index in [9.17, 15) is 13.2 Å². The van der Waals surface area contributed by atoms with E-state index in [0.29, 0.717) is 6.54 Å². The van der Waals surface area contributed by atoms with Crippen molar-refractivity contribution in [2.24, 2.45) is 0 Å². The first-order chi connectivity index (χ1) is 6.33. The summed E-state index contributed by atoms with van der Waals surface area (Å²) in [5, 5.41) is 0. The minimum absolute atomic E-state index is 0. The van der Waals surface area contributed by atoms with Crippen LogP contribution in [0.3, 0.4) is 0 Å². The van der Waals surface area contributed by atoms with Crippen molar-refractivity contribution in [1.29, 1.82) is 0 Å². The van der Waals surface area contributed by atoms with Gasteiger partial charge in [-0.05, 0) is 13.8 Å². The monoisotopic (exact) mass is 341 g/mol. The Balaban J connectivity index is 0. The van der Waals surface area contributed by atoms with E-state index in [0.717, 1.165) is 17.6 Å². The Morgan fingerprint density at radius 1 is 1.13 bits per heavy atom. The van der Waals surface area contributed by atoms with E-state index in [1.165, 1.54) is 0 Å². The maximum Gasteiger partial charge on any atom is 0.411 e. The minimum atomic E-state index is -4.21. The number of hydrogen-bond acceptors (Lipinski definition) is 1. The van der Waals surface area contributed by atoms with Crippen molar-refractivity contribution >= 4 is 0 Å². The van der Waals surface area contributed by atoms with E-state index < -0.39 is 12.8 Å². The van der Waals surface area contributed by atoms with Gasteiger partial charge in [0.1, 0.15) is 13.2 Å². The zero-order valence-corrected chi connectivity index (χ0v) is 11.6. The summed E-state index contributed by atoms with van der Waals surface area (Å²) < 4.78 is 40.4. The average molecular weight is 341 g/mol. The topological polar surface area (TPSA) is 9.23 Å². The number of rotatable bonds is 6. The van der Waals surface area contributed by atoms with Gasteiger partial charge in [0.05, 0.1) is 26.7 Å². The van der Waals surface area contributed by atoms with Gasteiger partial charge in [0.15, 0.2) is 0 Å². The third-order valence-electron chi connectivity index (χ3n) is 2.57. The smallest absolute Gasteiger partial charge is 0.411 e. The van der Waals surface area contributed by atoms with Crippen molar-refractivity contribution in [3.05, 3.63) is 0 Å². The maximum atomic E-state index is 11.7. The molecule has 0 N–H and O–H groups in total. The maximum absolute atomic E-state index is 11.7. The fourth-order valence-electron chi connectivity index (χ4n) is 1.01. The lowest BCUT2D eigenvalue weighted by Crippen LogP contribution is -3.00. The van der Waals surface area contributed by atoms with Crippen LogP contribution in [0.5, 0.6) is 0 Å². The number of quaternary nitrogens is 1. The van der Waals surface area contributed by atoms with Gasteiger partial charge in [0.25, 0.3) is 0 Å². The first-order valence-corrected chi connectivity index (χ1v) is 4.81. The molecule has 15 heavy (non-hydrogen) atoms. The van der Waals surface area contributed by atoms with Crippen LogP contribution in [0.25, 0.3) is 0 Å². The van der Waals surface area contributed by atoms with Crippen LogP contribution in [-0.2, 0) is 4.74 Å². The van der Waals surface area contributed by atoms with E-state index in [2.05, 4.69) is 4.74 Å². The largest absolute Gasteiger partial charge is 1.00 e. The van der Waals surface area contributed by atoms with Crippen molar-refractivity contribution in [1.82, 2.24) is 0 Å². The number of hydrogen-bond donors (Lipinski definition) is 0. The number of alkyl halides is 3. The van der Waals surface area contributed by atoms with Gasteiger partial charge in [-0.25, -0.2) is 0 Å². The molecule has 0 saturated carbocycles. The third-order valence-corrected chi connectivity index (χ3v) is 2.57. The zero-order chi connectivity index (χ0) is 11.2. The second-order valence-corrected chi connectivity index (χ2v) is 3.64. The Morgan fingerprint density at radius 3 is 1.93 bits per heavy atom. The van der Waals surface area contributed by atoms with Crippen molar-refractivity contribution in [2.45, 2.75) is 20.0 Å². The highest BCUT2D eigenvalue weighted by atomic mass is 127. The first-order valence-electron chi connectivity index (χ1n) is 4.81. The highest BCUT2D eigenvalue weighted by Crippen LogP contribution is 2.14. The van der Waals surface area contributed by atoms with Crippen LogP contribution in [0.2, 0.25) is 0 Å². The summed E-state index contributed by atoms with van der Waals surface area (Å²) in [6.45, 7) is 5.51. The Morgan fingerprint density at radius 2 is 1.60 bits per heavy atom. The second kappa shape index (κ2) is 7.67. The van der Waals surface area contributed by atoms with E-state index in [1.54, 1.807) is 0 Å². The molecule has 0 unspecified atom stereocenters. The molecule has 0 aliphatic heterocycles. The molecule has 0 radical (unpaired) electrons. The Kier molecular flexibility index (Phi) is 9.11. The molecule has 0 bridgehead atoms. The Labute approximate surface area is 106 Å². The Bertz CT molecular complexity index is 160. The molecule has 0 amide bonds. The van der Waals surface area contributed by atoms with E-state index in [4.69, 9.17) is 0 Å². The summed E-state index contributed by atoms with van der Waals surface area (Å²) in [6.07, 6.45) is -4.21. The van der Waals surface area contributed by atoms with Crippen LogP contribution in [0.15, 0.2) is 0 Å². The molecule has 0 spiro atoms. The highest BCUT2D eigenvalue weighted by Gasteiger charge is 2.27. The van der Waals surface area contributed by atoms with Crippen LogP contribution in [-0.4, -0.2) is 50.6 Å². The SMILES string of the molecule is CC[N+](C)(CC)CCOCC(F)(F)F.[I-]. The molecule has 0 heterocycles. The molecular weight excluding hydrogens is 322 g/mol. The summed E-state index contributed by atoms with van der Waals surface area (Å²) in [7, 11) is 2.01. The van der Waals surface area contributed by atoms with E-state index in [1.807, 2.05) is 20.9 Å². The molecule has 0 aromatic heterocycles. The fraction of sp³-hybridized carbons (Fsp3) is 1.00. The highest BCUT2D eigenvalue weighted by molar-refractivity contribution is 4.45. The zero-order valence-electron chi connectivity index (χ0n) is 9.40. The van der Waals surface area contributed by atoms with Crippen LogP contribution in [0.1, 0.15) is 13.8 Å². The molecule has 6 heteroatoms. The lowest BCUT2D eigenvalue weighted by atomic mass is 10.4. The summed E-state index contributed by atoms with van der Waals surface area (Å²) in [5.74, 6) is 0. The molecule has 94 valence electrons. The van der Waals surface area contributed by atoms with Gasteiger partial charge in [-0.1, -0.05) is 0 Å². The van der Waals surface area contributed by atoms with Crippen molar-refractivity contribution < 1.29 is 46.4 Å². The van der Waals surface area contributed by atoms with Crippen molar-refractivity contribution in [2.75, 3.05) is 39.9 Å². The quantitative estimate of drug-likeness (QED) is 0.344. The van der Waals surface area contributed by atoms with Gasteiger partial charge in [0, 0.05) is 0 Å². The first kappa shape index (κ1) is 17.8. The molecule has 0 aromatic carbocycles. The summed E-state index contributed by atoms with van der Waals surface area (Å²) >= 11 is 0. The molecule has 2 nitrogen and oxygen atoms in total. The van der Waals surface area contributed by atoms with Gasteiger partial charge < -0.3 is 33.2 Å². The standard InChI is InChI=1S/C9H19F3NO.HI/c1-4-13(3,5-2)6-7-14-8-9(10,11)12;/h4-8H2,1-3H3;1H/q+1;/p-1. The molecule has 0 saturated heterocycles. The lowest BCUT2D eigenvalue weighted by molar-refractivity contribution is -0.906. The van der Waals surface area contributed by atoms with Gasteiger partial charge in [-0.15, -0.1) is 0 Å². The van der Waals surface area contributed by atoms with Crippen molar-refractivity contribution in [3.63, 3.8) is 0 Å².